The van der Waals surface area contributed by atoms with Gasteiger partial charge >= 0.3 is 0 Å². The third kappa shape index (κ3) is 3.07. The zero-order valence-corrected chi connectivity index (χ0v) is 12.8. The van der Waals surface area contributed by atoms with Gasteiger partial charge in [-0.15, -0.1) is 0 Å². The minimum absolute atomic E-state index is 0.410. The van der Waals surface area contributed by atoms with Gasteiger partial charge in [0.1, 0.15) is 17.6 Å². The highest BCUT2D eigenvalue weighted by molar-refractivity contribution is 6.29. The van der Waals surface area contributed by atoms with Crippen molar-refractivity contribution in [1.82, 2.24) is 9.97 Å². The van der Waals surface area contributed by atoms with Gasteiger partial charge in [0, 0.05) is 26.3 Å². The molecule has 2 heterocycles. The zero-order valence-electron chi connectivity index (χ0n) is 12.0. The minimum atomic E-state index is 0.410. The van der Waals surface area contributed by atoms with E-state index in [4.69, 9.17) is 16.3 Å². The van der Waals surface area contributed by atoms with Crippen LogP contribution >= 0.6 is 11.6 Å². The zero-order chi connectivity index (χ0) is 13.9. The van der Waals surface area contributed by atoms with Crippen molar-refractivity contribution in [2.75, 3.05) is 25.1 Å². The van der Waals surface area contributed by atoms with Gasteiger partial charge in [0.25, 0.3) is 0 Å². The Hall–Kier alpha value is -0.870. The summed E-state index contributed by atoms with van der Waals surface area (Å²) in [6.07, 6.45) is 6.86. The topological polar surface area (TPSA) is 38.2 Å². The SMILES string of the molecule is COCc1nc(Cl)cc(N2CCC3CCCCC3C2)n1. The maximum atomic E-state index is 6.11. The highest BCUT2D eigenvalue weighted by Crippen LogP contribution is 2.37. The maximum Gasteiger partial charge on any atom is 0.158 e. The van der Waals surface area contributed by atoms with Crippen molar-refractivity contribution in [1.29, 1.82) is 0 Å². The molecule has 1 saturated heterocycles. The number of anilines is 1. The lowest BCUT2D eigenvalue weighted by Gasteiger charge is -2.41. The molecule has 1 aromatic heterocycles. The van der Waals surface area contributed by atoms with Crippen LogP contribution in [0.2, 0.25) is 5.15 Å². The first-order chi connectivity index (χ1) is 9.76. The highest BCUT2D eigenvalue weighted by Gasteiger charge is 2.31. The molecule has 0 bridgehead atoms. The van der Waals surface area contributed by atoms with E-state index >= 15 is 0 Å². The Balaban J connectivity index is 1.75. The van der Waals surface area contributed by atoms with E-state index in [0.29, 0.717) is 17.6 Å². The molecule has 1 saturated carbocycles. The van der Waals surface area contributed by atoms with Crippen LogP contribution in [0, 0.1) is 11.8 Å². The van der Waals surface area contributed by atoms with Gasteiger partial charge in [-0.3, -0.25) is 0 Å². The fraction of sp³-hybridized carbons (Fsp3) is 0.733. The summed E-state index contributed by atoms with van der Waals surface area (Å²) in [5.74, 6) is 3.38. The number of halogens is 1. The summed E-state index contributed by atoms with van der Waals surface area (Å²) >= 11 is 6.11. The first kappa shape index (κ1) is 14.1. The van der Waals surface area contributed by atoms with Crippen molar-refractivity contribution in [2.24, 2.45) is 11.8 Å². The third-order valence-electron chi connectivity index (χ3n) is 4.62. The second-order valence-corrected chi connectivity index (χ2v) is 6.32. The molecule has 0 amide bonds. The molecular formula is C15H22ClN3O. The van der Waals surface area contributed by atoms with E-state index in [1.54, 1.807) is 7.11 Å². The standard InChI is InChI=1S/C15H22ClN3O/c1-20-10-14-17-13(16)8-15(18-14)19-7-6-11-4-2-3-5-12(11)9-19/h8,11-12H,2-7,9-10H2,1H3. The Bertz CT molecular complexity index is 468. The molecule has 4 nitrogen and oxygen atoms in total. The summed E-state index contributed by atoms with van der Waals surface area (Å²) in [5.41, 5.74) is 0. The molecule has 0 N–H and O–H groups in total. The molecule has 5 heteroatoms. The van der Waals surface area contributed by atoms with Gasteiger partial charge in [0.2, 0.25) is 0 Å². The van der Waals surface area contributed by atoms with Gasteiger partial charge in [0.05, 0.1) is 0 Å². The van der Waals surface area contributed by atoms with Gasteiger partial charge in [-0.1, -0.05) is 30.9 Å². The van der Waals surface area contributed by atoms with E-state index < -0.39 is 0 Å². The van der Waals surface area contributed by atoms with Gasteiger partial charge in [-0.25, -0.2) is 9.97 Å². The molecular weight excluding hydrogens is 274 g/mol. The largest absolute Gasteiger partial charge is 0.377 e. The molecule has 1 aromatic rings. The summed E-state index contributed by atoms with van der Waals surface area (Å²) in [6.45, 7) is 2.61. The van der Waals surface area contributed by atoms with Crippen LogP contribution in [-0.4, -0.2) is 30.2 Å². The number of methoxy groups -OCH3 is 1. The van der Waals surface area contributed by atoms with Crippen molar-refractivity contribution in [2.45, 2.75) is 38.7 Å². The van der Waals surface area contributed by atoms with E-state index in [0.717, 1.165) is 30.7 Å². The summed E-state index contributed by atoms with van der Waals surface area (Å²) in [4.78, 5) is 11.2. The van der Waals surface area contributed by atoms with E-state index in [2.05, 4.69) is 14.9 Å². The van der Waals surface area contributed by atoms with E-state index in [-0.39, 0.29) is 0 Å². The molecule has 2 fully saturated rings. The molecule has 0 aromatic carbocycles. The van der Waals surface area contributed by atoms with Crippen LogP contribution in [0.15, 0.2) is 6.07 Å². The number of rotatable bonds is 3. The fourth-order valence-corrected chi connectivity index (χ4v) is 3.81. The lowest BCUT2D eigenvalue weighted by molar-refractivity contribution is 0.177. The molecule has 2 unspecified atom stereocenters. The number of hydrogen-bond acceptors (Lipinski definition) is 4. The number of hydrogen-bond donors (Lipinski definition) is 0. The maximum absolute atomic E-state index is 6.11. The first-order valence-electron chi connectivity index (χ1n) is 7.53. The number of fused-ring (bicyclic) bond motifs is 1. The number of aromatic nitrogens is 2. The van der Waals surface area contributed by atoms with Crippen molar-refractivity contribution < 1.29 is 4.74 Å². The average molecular weight is 296 g/mol. The molecule has 2 atom stereocenters. The van der Waals surface area contributed by atoms with Crippen LogP contribution in [0.1, 0.15) is 37.9 Å². The summed E-state index contributed by atoms with van der Waals surface area (Å²) < 4.78 is 5.11. The van der Waals surface area contributed by atoms with Crippen LogP contribution < -0.4 is 4.90 Å². The number of ether oxygens (including phenoxy) is 1. The predicted octanol–water partition coefficient (Wildman–Crippen LogP) is 3.29. The lowest BCUT2D eigenvalue weighted by atomic mass is 9.75. The second-order valence-electron chi connectivity index (χ2n) is 5.94. The molecule has 110 valence electrons. The molecule has 0 radical (unpaired) electrons. The van der Waals surface area contributed by atoms with Crippen LogP contribution in [0.5, 0.6) is 0 Å². The van der Waals surface area contributed by atoms with Gasteiger partial charge in [-0.05, 0) is 24.7 Å². The molecule has 3 rings (SSSR count). The summed E-state index contributed by atoms with van der Waals surface area (Å²) in [6, 6.07) is 1.88. The Kier molecular flexibility index (Phi) is 4.41. The highest BCUT2D eigenvalue weighted by atomic mass is 35.5. The Morgan fingerprint density at radius 2 is 2.05 bits per heavy atom. The van der Waals surface area contributed by atoms with E-state index in [1.807, 2.05) is 6.07 Å². The van der Waals surface area contributed by atoms with E-state index in [9.17, 15) is 0 Å². The first-order valence-corrected chi connectivity index (χ1v) is 7.91. The Morgan fingerprint density at radius 1 is 1.25 bits per heavy atom. The molecule has 1 aliphatic heterocycles. The van der Waals surface area contributed by atoms with Crippen molar-refractivity contribution >= 4 is 17.4 Å². The Labute approximate surface area is 125 Å². The van der Waals surface area contributed by atoms with Crippen LogP contribution in [0.25, 0.3) is 0 Å². The van der Waals surface area contributed by atoms with Crippen molar-refractivity contribution in [3.05, 3.63) is 17.0 Å². The van der Waals surface area contributed by atoms with Crippen molar-refractivity contribution in [3.8, 4) is 0 Å². The van der Waals surface area contributed by atoms with Crippen LogP contribution in [-0.2, 0) is 11.3 Å². The van der Waals surface area contributed by atoms with Crippen LogP contribution in [0.4, 0.5) is 5.82 Å². The van der Waals surface area contributed by atoms with Gasteiger partial charge < -0.3 is 9.64 Å². The second kappa shape index (κ2) is 6.27. The lowest BCUT2D eigenvalue weighted by Crippen LogP contribution is -2.42. The summed E-state index contributed by atoms with van der Waals surface area (Å²) in [5, 5.41) is 0.507. The normalized spacial score (nSPS) is 26.4. The number of piperidine rings is 1. The average Bonchev–Trinajstić information content (AvgIpc) is 2.46. The number of nitrogens with zero attached hydrogens (tertiary/aromatic N) is 3. The molecule has 20 heavy (non-hydrogen) atoms. The third-order valence-corrected chi connectivity index (χ3v) is 4.81. The quantitative estimate of drug-likeness (QED) is 0.802. The molecule has 0 spiro atoms. The predicted molar refractivity (Wildman–Crippen MR) is 80.0 cm³/mol. The van der Waals surface area contributed by atoms with E-state index in [1.165, 1.54) is 32.1 Å². The van der Waals surface area contributed by atoms with Crippen LogP contribution in [0.3, 0.4) is 0 Å². The molecule has 2 aliphatic rings. The monoisotopic (exact) mass is 295 g/mol. The van der Waals surface area contributed by atoms with Crippen molar-refractivity contribution in [3.63, 3.8) is 0 Å². The van der Waals surface area contributed by atoms with Gasteiger partial charge in [0.15, 0.2) is 5.82 Å². The smallest absolute Gasteiger partial charge is 0.158 e. The minimum Gasteiger partial charge on any atom is -0.377 e. The Morgan fingerprint density at radius 3 is 2.85 bits per heavy atom. The molecule has 1 aliphatic carbocycles. The van der Waals surface area contributed by atoms with Gasteiger partial charge in [-0.2, -0.15) is 0 Å². The fourth-order valence-electron chi connectivity index (χ4n) is 3.62. The summed E-state index contributed by atoms with van der Waals surface area (Å²) in [7, 11) is 1.65.